The average Bonchev–Trinajstić information content (AvgIpc) is 2.25. The molecule has 2 heteroatoms. The fourth-order valence-electron chi connectivity index (χ4n) is 1.76. The van der Waals surface area contributed by atoms with Crippen molar-refractivity contribution in [1.82, 2.24) is 4.90 Å². The Balaban J connectivity index is 2.56. The molecular formula is C15H26N2. The molecule has 1 aromatic rings. The molecule has 2 N–H and O–H groups in total. The molecule has 0 heterocycles. The lowest BCUT2D eigenvalue weighted by Gasteiger charge is -2.26. The van der Waals surface area contributed by atoms with E-state index in [0.717, 1.165) is 25.3 Å². The van der Waals surface area contributed by atoms with E-state index < -0.39 is 0 Å². The zero-order chi connectivity index (χ0) is 12.9. The summed E-state index contributed by atoms with van der Waals surface area (Å²) in [6.07, 6.45) is 1.22. The number of hydrogen-bond acceptors (Lipinski definition) is 2. The molecular weight excluding hydrogens is 208 g/mol. The summed E-state index contributed by atoms with van der Waals surface area (Å²) >= 11 is 0. The Morgan fingerprint density at radius 3 is 2.35 bits per heavy atom. The molecule has 0 aliphatic heterocycles. The van der Waals surface area contributed by atoms with Crippen LogP contribution >= 0.6 is 0 Å². The Labute approximate surface area is 106 Å². The molecule has 17 heavy (non-hydrogen) atoms. The molecule has 0 aliphatic carbocycles. The highest BCUT2D eigenvalue weighted by molar-refractivity contribution is 5.46. The number of benzene rings is 1. The summed E-state index contributed by atoms with van der Waals surface area (Å²) in [6.45, 7) is 12.2. The van der Waals surface area contributed by atoms with Crippen LogP contribution in [0.3, 0.4) is 0 Å². The van der Waals surface area contributed by atoms with Crippen LogP contribution in [0.25, 0.3) is 0 Å². The first-order valence-corrected chi connectivity index (χ1v) is 6.48. The second kappa shape index (κ2) is 6.06. The van der Waals surface area contributed by atoms with E-state index in [1.165, 1.54) is 12.0 Å². The van der Waals surface area contributed by atoms with Crippen molar-refractivity contribution in [2.45, 2.75) is 40.7 Å². The summed E-state index contributed by atoms with van der Waals surface area (Å²) < 4.78 is 0. The monoisotopic (exact) mass is 234 g/mol. The van der Waals surface area contributed by atoms with Gasteiger partial charge in [-0.3, -0.25) is 4.90 Å². The van der Waals surface area contributed by atoms with Crippen molar-refractivity contribution in [3.05, 3.63) is 29.8 Å². The zero-order valence-electron chi connectivity index (χ0n) is 11.7. The number of nitrogens with zero attached hydrogens (tertiary/aromatic N) is 1. The molecule has 0 aliphatic rings. The summed E-state index contributed by atoms with van der Waals surface area (Å²) in [5.74, 6) is 0. The summed E-state index contributed by atoms with van der Waals surface area (Å²) in [6, 6.07) is 8.15. The standard InChI is InChI=1S/C15H26N2/c1-5-17(11-10-15(2,3)4)12-13-8-6-7-9-14(13)16/h6-9H,5,10-12,16H2,1-4H3. The van der Waals surface area contributed by atoms with Crippen LogP contribution in [0.2, 0.25) is 0 Å². The molecule has 1 aromatic carbocycles. The van der Waals surface area contributed by atoms with E-state index in [0.29, 0.717) is 5.41 Å². The first-order chi connectivity index (χ1) is 7.92. The van der Waals surface area contributed by atoms with Crippen molar-refractivity contribution in [2.24, 2.45) is 5.41 Å². The highest BCUT2D eigenvalue weighted by atomic mass is 15.1. The van der Waals surface area contributed by atoms with Crippen molar-refractivity contribution < 1.29 is 0 Å². The summed E-state index contributed by atoms with van der Waals surface area (Å²) in [5, 5.41) is 0. The summed E-state index contributed by atoms with van der Waals surface area (Å²) in [5.41, 5.74) is 8.52. The van der Waals surface area contributed by atoms with Gasteiger partial charge in [-0.1, -0.05) is 45.9 Å². The molecule has 0 fully saturated rings. The Kier molecular flexibility index (Phi) is 5.01. The van der Waals surface area contributed by atoms with Gasteiger partial charge in [0.25, 0.3) is 0 Å². The van der Waals surface area contributed by atoms with Crippen LogP contribution in [0.5, 0.6) is 0 Å². The van der Waals surface area contributed by atoms with Crippen molar-refractivity contribution in [3.8, 4) is 0 Å². The Bertz CT molecular complexity index is 339. The maximum Gasteiger partial charge on any atom is 0.0359 e. The lowest BCUT2D eigenvalue weighted by atomic mass is 9.92. The smallest absolute Gasteiger partial charge is 0.0359 e. The van der Waals surface area contributed by atoms with Gasteiger partial charge in [-0.15, -0.1) is 0 Å². The number of nitrogen functional groups attached to an aromatic ring is 1. The molecule has 0 spiro atoms. The van der Waals surface area contributed by atoms with Gasteiger partial charge in [0.05, 0.1) is 0 Å². The molecule has 0 radical (unpaired) electrons. The molecule has 0 bridgehead atoms. The van der Waals surface area contributed by atoms with Crippen LogP contribution < -0.4 is 5.73 Å². The van der Waals surface area contributed by atoms with E-state index in [4.69, 9.17) is 5.73 Å². The van der Waals surface area contributed by atoms with Gasteiger partial charge in [-0.05, 0) is 36.6 Å². The molecule has 0 aromatic heterocycles. The fraction of sp³-hybridized carbons (Fsp3) is 0.600. The number of rotatable bonds is 5. The number of hydrogen-bond donors (Lipinski definition) is 1. The number of anilines is 1. The largest absolute Gasteiger partial charge is 0.398 e. The summed E-state index contributed by atoms with van der Waals surface area (Å²) in [4.78, 5) is 2.46. The highest BCUT2D eigenvalue weighted by Crippen LogP contribution is 2.20. The van der Waals surface area contributed by atoms with Crippen molar-refractivity contribution >= 4 is 5.69 Å². The lowest BCUT2D eigenvalue weighted by molar-refractivity contribution is 0.230. The maximum absolute atomic E-state index is 5.98. The zero-order valence-corrected chi connectivity index (χ0v) is 11.7. The fourth-order valence-corrected chi connectivity index (χ4v) is 1.76. The van der Waals surface area contributed by atoms with E-state index in [9.17, 15) is 0 Å². The van der Waals surface area contributed by atoms with Gasteiger partial charge in [0.15, 0.2) is 0 Å². The van der Waals surface area contributed by atoms with Gasteiger partial charge in [0.1, 0.15) is 0 Å². The minimum Gasteiger partial charge on any atom is -0.398 e. The molecule has 0 atom stereocenters. The van der Waals surface area contributed by atoms with E-state index >= 15 is 0 Å². The SMILES string of the molecule is CCN(CCC(C)(C)C)Cc1ccccc1N. The first kappa shape index (κ1) is 14.0. The molecule has 96 valence electrons. The third kappa shape index (κ3) is 5.22. The van der Waals surface area contributed by atoms with Crippen LogP contribution in [0, 0.1) is 5.41 Å². The molecule has 0 amide bonds. The molecule has 0 saturated heterocycles. The third-order valence-electron chi connectivity index (χ3n) is 3.07. The van der Waals surface area contributed by atoms with Gasteiger partial charge in [-0.25, -0.2) is 0 Å². The van der Waals surface area contributed by atoms with E-state index in [1.54, 1.807) is 0 Å². The number of nitrogens with two attached hydrogens (primary N) is 1. The van der Waals surface area contributed by atoms with Crippen LogP contribution in [0.15, 0.2) is 24.3 Å². The third-order valence-corrected chi connectivity index (χ3v) is 3.07. The van der Waals surface area contributed by atoms with Crippen molar-refractivity contribution in [2.75, 3.05) is 18.8 Å². The highest BCUT2D eigenvalue weighted by Gasteiger charge is 2.13. The maximum atomic E-state index is 5.98. The average molecular weight is 234 g/mol. The van der Waals surface area contributed by atoms with Crippen LogP contribution in [0.1, 0.15) is 39.7 Å². The predicted molar refractivity (Wildman–Crippen MR) is 75.9 cm³/mol. The molecule has 2 nitrogen and oxygen atoms in total. The van der Waals surface area contributed by atoms with Crippen LogP contribution in [-0.4, -0.2) is 18.0 Å². The van der Waals surface area contributed by atoms with E-state index in [1.807, 2.05) is 12.1 Å². The summed E-state index contributed by atoms with van der Waals surface area (Å²) in [7, 11) is 0. The first-order valence-electron chi connectivity index (χ1n) is 6.48. The second-order valence-electron chi connectivity index (χ2n) is 5.88. The molecule has 0 unspecified atom stereocenters. The van der Waals surface area contributed by atoms with Crippen molar-refractivity contribution in [1.29, 1.82) is 0 Å². The van der Waals surface area contributed by atoms with Crippen LogP contribution in [0.4, 0.5) is 5.69 Å². The Hall–Kier alpha value is -1.02. The van der Waals surface area contributed by atoms with Gasteiger partial charge >= 0.3 is 0 Å². The predicted octanol–water partition coefficient (Wildman–Crippen LogP) is 3.53. The second-order valence-corrected chi connectivity index (χ2v) is 5.88. The number of para-hydroxylation sites is 1. The minimum absolute atomic E-state index is 0.398. The minimum atomic E-state index is 0.398. The quantitative estimate of drug-likeness (QED) is 0.790. The normalized spacial score (nSPS) is 12.1. The topological polar surface area (TPSA) is 29.3 Å². The molecule has 0 saturated carbocycles. The van der Waals surface area contributed by atoms with Gasteiger partial charge in [0.2, 0.25) is 0 Å². The lowest BCUT2D eigenvalue weighted by Crippen LogP contribution is -2.27. The van der Waals surface area contributed by atoms with Gasteiger partial charge < -0.3 is 5.73 Å². The van der Waals surface area contributed by atoms with Gasteiger partial charge in [-0.2, -0.15) is 0 Å². The van der Waals surface area contributed by atoms with Crippen LogP contribution in [-0.2, 0) is 6.54 Å². The Morgan fingerprint density at radius 1 is 1.18 bits per heavy atom. The Morgan fingerprint density at radius 2 is 1.82 bits per heavy atom. The molecule has 1 rings (SSSR count). The van der Waals surface area contributed by atoms with Gasteiger partial charge in [0, 0.05) is 12.2 Å². The van der Waals surface area contributed by atoms with Crippen molar-refractivity contribution in [3.63, 3.8) is 0 Å². The van der Waals surface area contributed by atoms with E-state index in [-0.39, 0.29) is 0 Å². The van der Waals surface area contributed by atoms with E-state index in [2.05, 4.69) is 44.7 Å².